The summed E-state index contributed by atoms with van der Waals surface area (Å²) < 4.78 is 0. The van der Waals surface area contributed by atoms with Crippen LogP contribution in [0.15, 0.2) is 4.99 Å². The molecular weight excluding hydrogens is 198 g/mol. The zero-order chi connectivity index (χ0) is 12.4. The summed E-state index contributed by atoms with van der Waals surface area (Å²) in [5.74, 6) is 0.714. The molecule has 0 saturated carbocycles. The maximum Gasteiger partial charge on any atom is 0.191 e. The zero-order valence-electron chi connectivity index (χ0n) is 11.5. The van der Waals surface area contributed by atoms with Gasteiger partial charge in [-0.05, 0) is 39.0 Å². The lowest BCUT2D eigenvalue weighted by Gasteiger charge is -2.39. The van der Waals surface area contributed by atoms with Crippen molar-refractivity contribution in [2.24, 2.45) is 16.1 Å². The lowest BCUT2D eigenvalue weighted by atomic mass is 9.78. The molecule has 0 bridgehead atoms. The van der Waals surface area contributed by atoms with Gasteiger partial charge in [0.1, 0.15) is 0 Å². The fraction of sp³-hybridized carbons (Fsp3) is 0.923. The standard InChI is InChI=1S/C13H27N3/c1-6-13(5)7-9-16(10-8-13)11(14)15-12(2,3)4/h6-10H2,1-5H3,(H2,14,15). The molecule has 94 valence electrons. The van der Waals surface area contributed by atoms with Gasteiger partial charge in [-0.3, -0.25) is 0 Å². The van der Waals surface area contributed by atoms with E-state index in [1.54, 1.807) is 0 Å². The van der Waals surface area contributed by atoms with E-state index < -0.39 is 0 Å². The van der Waals surface area contributed by atoms with Crippen molar-refractivity contribution < 1.29 is 0 Å². The Morgan fingerprint density at radius 1 is 1.31 bits per heavy atom. The minimum atomic E-state index is -0.0738. The molecule has 0 aromatic rings. The van der Waals surface area contributed by atoms with E-state index in [-0.39, 0.29) is 5.54 Å². The summed E-state index contributed by atoms with van der Waals surface area (Å²) in [6, 6.07) is 0. The molecule has 2 N–H and O–H groups in total. The quantitative estimate of drug-likeness (QED) is 0.550. The van der Waals surface area contributed by atoms with Crippen LogP contribution in [0.3, 0.4) is 0 Å². The first-order valence-corrected chi connectivity index (χ1v) is 6.36. The Hall–Kier alpha value is -0.730. The Morgan fingerprint density at radius 3 is 2.19 bits per heavy atom. The second kappa shape index (κ2) is 4.64. The number of hydrogen-bond donors (Lipinski definition) is 1. The molecule has 1 fully saturated rings. The van der Waals surface area contributed by atoms with Crippen LogP contribution in [-0.4, -0.2) is 29.5 Å². The molecule has 1 aliphatic rings. The molecule has 1 aliphatic heterocycles. The summed E-state index contributed by atoms with van der Waals surface area (Å²) in [5.41, 5.74) is 6.48. The number of rotatable bonds is 1. The largest absolute Gasteiger partial charge is 0.370 e. The van der Waals surface area contributed by atoms with E-state index in [0.29, 0.717) is 11.4 Å². The molecule has 1 rings (SSSR count). The van der Waals surface area contributed by atoms with E-state index in [1.807, 2.05) is 0 Å². The Bertz CT molecular complexity index is 255. The minimum Gasteiger partial charge on any atom is -0.370 e. The van der Waals surface area contributed by atoms with E-state index >= 15 is 0 Å². The van der Waals surface area contributed by atoms with Gasteiger partial charge >= 0.3 is 0 Å². The van der Waals surface area contributed by atoms with E-state index in [9.17, 15) is 0 Å². The van der Waals surface area contributed by atoms with Gasteiger partial charge in [0.15, 0.2) is 5.96 Å². The highest BCUT2D eigenvalue weighted by molar-refractivity contribution is 5.78. The van der Waals surface area contributed by atoms with Crippen LogP contribution in [0.1, 0.15) is 53.9 Å². The predicted molar refractivity (Wildman–Crippen MR) is 70.6 cm³/mol. The van der Waals surface area contributed by atoms with Gasteiger partial charge in [0.2, 0.25) is 0 Å². The Morgan fingerprint density at radius 2 is 1.81 bits per heavy atom. The third-order valence-electron chi connectivity index (χ3n) is 3.60. The molecule has 0 amide bonds. The Kier molecular flexibility index (Phi) is 3.87. The van der Waals surface area contributed by atoms with Crippen molar-refractivity contribution in [3.8, 4) is 0 Å². The van der Waals surface area contributed by atoms with Crippen LogP contribution in [0.5, 0.6) is 0 Å². The summed E-state index contributed by atoms with van der Waals surface area (Å²) in [4.78, 5) is 6.75. The summed E-state index contributed by atoms with van der Waals surface area (Å²) >= 11 is 0. The first kappa shape index (κ1) is 13.3. The molecule has 0 aromatic heterocycles. The van der Waals surface area contributed by atoms with Crippen molar-refractivity contribution in [1.29, 1.82) is 0 Å². The van der Waals surface area contributed by atoms with Gasteiger partial charge in [-0.1, -0.05) is 20.3 Å². The molecule has 16 heavy (non-hydrogen) atoms. The third kappa shape index (κ3) is 3.69. The molecule has 3 heteroatoms. The van der Waals surface area contributed by atoms with Crippen molar-refractivity contribution in [3.63, 3.8) is 0 Å². The number of aliphatic imine (C=N–C) groups is 1. The van der Waals surface area contributed by atoms with E-state index in [0.717, 1.165) is 13.1 Å². The van der Waals surface area contributed by atoms with Crippen LogP contribution >= 0.6 is 0 Å². The lowest BCUT2D eigenvalue weighted by molar-refractivity contribution is 0.161. The molecule has 0 radical (unpaired) electrons. The fourth-order valence-corrected chi connectivity index (χ4v) is 2.04. The van der Waals surface area contributed by atoms with Gasteiger partial charge in [-0.15, -0.1) is 0 Å². The summed E-state index contributed by atoms with van der Waals surface area (Å²) in [6.07, 6.45) is 3.71. The molecule has 1 heterocycles. The van der Waals surface area contributed by atoms with E-state index in [4.69, 9.17) is 5.73 Å². The smallest absolute Gasteiger partial charge is 0.191 e. The topological polar surface area (TPSA) is 41.6 Å². The fourth-order valence-electron chi connectivity index (χ4n) is 2.04. The van der Waals surface area contributed by atoms with Gasteiger partial charge in [-0.25, -0.2) is 4.99 Å². The van der Waals surface area contributed by atoms with Crippen molar-refractivity contribution in [2.45, 2.75) is 59.4 Å². The van der Waals surface area contributed by atoms with Crippen molar-refractivity contribution >= 4 is 5.96 Å². The second-order valence-electron chi connectivity index (χ2n) is 6.29. The highest BCUT2D eigenvalue weighted by Gasteiger charge is 2.29. The summed E-state index contributed by atoms with van der Waals surface area (Å²) in [6.45, 7) is 13.0. The van der Waals surface area contributed by atoms with E-state index in [2.05, 4.69) is 44.5 Å². The lowest BCUT2D eigenvalue weighted by Crippen LogP contribution is -2.46. The summed E-state index contributed by atoms with van der Waals surface area (Å²) in [5, 5.41) is 0. The number of piperidine rings is 1. The zero-order valence-corrected chi connectivity index (χ0v) is 11.5. The normalized spacial score (nSPS) is 22.3. The second-order valence-corrected chi connectivity index (χ2v) is 6.29. The first-order chi connectivity index (χ1) is 7.26. The molecular formula is C13H27N3. The Labute approximate surface area is 100 Å². The number of hydrogen-bond acceptors (Lipinski definition) is 1. The van der Waals surface area contributed by atoms with Crippen LogP contribution in [0.4, 0.5) is 0 Å². The summed E-state index contributed by atoms with van der Waals surface area (Å²) in [7, 11) is 0. The van der Waals surface area contributed by atoms with Crippen LogP contribution in [0, 0.1) is 5.41 Å². The molecule has 1 saturated heterocycles. The van der Waals surface area contributed by atoms with Crippen LogP contribution in [-0.2, 0) is 0 Å². The molecule has 0 spiro atoms. The molecule has 0 aromatic carbocycles. The molecule has 0 aliphatic carbocycles. The average molecular weight is 225 g/mol. The highest BCUT2D eigenvalue weighted by Crippen LogP contribution is 2.33. The van der Waals surface area contributed by atoms with Crippen LogP contribution in [0.2, 0.25) is 0 Å². The molecule has 3 nitrogen and oxygen atoms in total. The van der Waals surface area contributed by atoms with E-state index in [1.165, 1.54) is 19.3 Å². The van der Waals surface area contributed by atoms with Crippen LogP contribution in [0.25, 0.3) is 0 Å². The predicted octanol–water partition coefficient (Wildman–Crippen LogP) is 2.61. The van der Waals surface area contributed by atoms with Gasteiger partial charge in [0, 0.05) is 13.1 Å². The Balaban J connectivity index is 2.58. The highest BCUT2D eigenvalue weighted by atomic mass is 15.3. The average Bonchev–Trinajstić information content (AvgIpc) is 2.16. The van der Waals surface area contributed by atoms with Gasteiger partial charge < -0.3 is 10.6 Å². The van der Waals surface area contributed by atoms with Crippen LogP contribution < -0.4 is 5.73 Å². The monoisotopic (exact) mass is 225 g/mol. The third-order valence-corrected chi connectivity index (χ3v) is 3.60. The first-order valence-electron chi connectivity index (χ1n) is 6.36. The van der Waals surface area contributed by atoms with Gasteiger partial charge in [0.05, 0.1) is 5.54 Å². The number of nitrogens with zero attached hydrogens (tertiary/aromatic N) is 2. The van der Waals surface area contributed by atoms with Gasteiger partial charge in [-0.2, -0.15) is 0 Å². The molecule has 0 atom stereocenters. The molecule has 0 unspecified atom stereocenters. The minimum absolute atomic E-state index is 0.0738. The maximum absolute atomic E-state index is 6.04. The van der Waals surface area contributed by atoms with Gasteiger partial charge in [0.25, 0.3) is 0 Å². The van der Waals surface area contributed by atoms with Crippen molar-refractivity contribution in [1.82, 2.24) is 4.90 Å². The number of guanidine groups is 1. The SMILES string of the molecule is CCC1(C)CCN(C(N)=NC(C)(C)C)CC1. The maximum atomic E-state index is 6.04. The van der Waals surface area contributed by atoms with Crippen molar-refractivity contribution in [3.05, 3.63) is 0 Å². The number of nitrogens with two attached hydrogens (primary N) is 1. The van der Waals surface area contributed by atoms with Crippen molar-refractivity contribution in [2.75, 3.05) is 13.1 Å². The number of likely N-dealkylation sites (tertiary alicyclic amines) is 1.